The molecule has 2 heterocycles. The number of hydrogen-bond donors (Lipinski definition) is 1. The van der Waals surface area contributed by atoms with Gasteiger partial charge in [0.05, 0.1) is 6.10 Å². The number of piperidine rings is 1. The van der Waals surface area contributed by atoms with Crippen molar-refractivity contribution in [2.75, 3.05) is 20.2 Å². The molecular formula is C12H17NO6S. The number of sulfonamides is 1. The zero-order valence-corrected chi connectivity index (χ0v) is 12.1. The van der Waals surface area contributed by atoms with Gasteiger partial charge in [-0.3, -0.25) is 0 Å². The van der Waals surface area contributed by atoms with Crippen LogP contribution in [0.1, 0.15) is 23.9 Å². The average molecular weight is 303 g/mol. The third-order valence-electron chi connectivity index (χ3n) is 3.54. The fraction of sp³-hybridized carbons (Fsp3) is 0.583. The van der Waals surface area contributed by atoms with E-state index in [2.05, 4.69) is 0 Å². The second-order valence-corrected chi connectivity index (χ2v) is 6.70. The highest BCUT2D eigenvalue weighted by molar-refractivity contribution is 7.89. The minimum Gasteiger partial charge on any atom is -0.475 e. The van der Waals surface area contributed by atoms with E-state index in [1.807, 2.05) is 6.92 Å². The Morgan fingerprint density at radius 2 is 2.20 bits per heavy atom. The number of methoxy groups -OCH3 is 1. The van der Waals surface area contributed by atoms with Gasteiger partial charge in [0.1, 0.15) is 0 Å². The number of aromatic carboxylic acids is 1. The summed E-state index contributed by atoms with van der Waals surface area (Å²) in [6.45, 7) is 2.61. The van der Waals surface area contributed by atoms with Gasteiger partial charge in [0.2, 0.25) is 10.9 Å². The van der Waals surface area contributed by atoms with Crippen LogP contribution in [-0.4, -0.2) is 50.1 Å². The molecule has 0 amide bonds. The van der Waals surface area contributed by atoms with Crippen LogP contribution in [0.15, 0.2) is 21.6 Å². The van der Waals surface area contributed by atoms with Crippen LogP contribution in [0, 0.1) is 5.92 Å². The Labute approximate surface area is 117 Å². The molecule has 112 valence electrons. The Hall–Kier alpha value is -1.38. The molecule has 2 atom stereocenters. The Bertz CT molecular complexity index is 593. The molecule has 1 fully saturated rings. The average Bonchev–Trinajstić information content (AvgIpc) is 2.89. The van der Waals surface area contributed by atoms with Crippen LogP contribution in [0.5, 0.6) is 0 Å². The van der Waals surface area contributed by atoms with Crippen molar-refractivity contribution < 1.29 is 27.5 Å². The minimum absolute atomic E-state index is 0.174. The Balaban J connectivity index is 2.23. The summed E-state index contributed by atoms with van der Waals surface area (Å²) >= 11 is 0. The van der Waals surface area contributed by atoms with Gasteiger partial charge in [-0.1, -0.05) is 6.92 Å². The molecule has 8 heteroatoms. The first-order valence-corrected chi connectivity index (χ1v) is 7.66. The summed E-state index contributed by atoms with van der Waals surface area (Å²) < 4.78 is 36.2. The quantitative estimate of drug-likeness (QED) is 0.892. The molecule has 1 aliphatic heterocycles. The maximum absolute atomic E-state index is 12.4. The van der Waals surface area contributed by atoms with E-state index in [9.17, 15) is 13.2 Å². The van der Waals surface area contributed by atoms with Crippen molar-refractivity contribution in [2.45, 2.75) is 24.5 Å². The fourth-order valence-corrected chi connectivity index (χ4v) is 3.61. The van der Waals surface area contributed by atoms with Gasteiger partial charge in [-0.15, -0.1) is 0 Å². The van der Waals surface area contributed by atoms with E-state index in [4.69, 9.17) is 14.3 Å². The third kappa shape index (κ3) is 2.72. The standard InChI is InChI=1S/C12H17NO6S/c1-8-5-6-13(7-10(8)18-2)20(16,17)11-4-3-9(19-11)12(14)15/h3-4,8,10H,5-7H2,1-2H3,(H,14,15). The maximum Gasteiger partial charge on any atom is 0.371 e. The van der Waals surface area contributed by atoms with Crippen molar-refractivity contribution in [3.05, 3.63) is 17.9 Å². The van der Waals surface area contributed by atoms with Gasteiger partial charge in [0.15, 0.2) is 0 Å². The zero-order chi connectivity index (χ0) is 14.9. The molecule has 0 radical (unpaired) electrons. The lowest BCUT2D eigenvalue weighted by molar-refractivity contribution is 0.0180. The van der Waals surface area contributed by atoms with Crippen LogP contribution in [0.2, 0.25) is 0 Å². The summed E-state index contributed by atoms with van der Waals surface area (Å²) in [6, 6.07) is 2.30. The van der Waals surface area contributed by atoms with Gasteiger partial charge in [-0.25, -0.2) is 13.2 Å². The molecule has 0 aliphatic carbocycles. The number of nitrogens with zero attached hydrogens (tertiary/aromatic N) is 1. The summed E-state index contributed by atoms with van der Waals surface area (Å²) in [7, 11) is -2.27. The number of rotatable bonds is 4. The molecule has 1 aromatic heterocycles. The van der Waals surface area contributed by atoms with Crippen molar-refractivity contribution in [1.29, 1.82) is 0 Å². The highest BCUT2D eigenvalue weighted by Crippen LogP contribution is 2.26. The van der Waals surface area contributed by atoms with E-state index in [-0.39, 0.29) is 23.7 Å². The first-order chi connectivity index (χ1) is 9.36. The van der Waals surface area contributed by atoms with Gasteiger partial charge in [-0.05, 0) is 24.5 Å². The molecule has 0 spiro atoms. The number of carboxylic acid groups (broad SMARTS) is 1. The Morgan fingerprint density at radius 3 is 2.75 bits per heavy atom. The minimum atomic E-state index is -3.82. The van der Waals surface area contributed by atoms with Crippen molar-refractivity contribution >= 4 is 16.0 Å². The van der Waals surface area contributed by atoms with E-state index in [1.54, 1.807) is 7.11 Å². The molecular weight excluding hydrogens is 286 g/mol. The third-order valence-corrected chi connectivity index (χ3v) is 5.28. The van der Waals surface area contributed by atoms with Crippen LogP contribution >= 0.6 is 0 Å². The lowest BCUT2D eigenvalue weighted by atomic mass is 9.97. The van der Waals surface area contributed by atoms with Crippen molar-refractivity contribution in [3.63, 3.8) is 0 Å². The maximum atomic E-state index is 12.4. The largest absolute Gasteiger partial charge is 0.475 e. The smallest absolute Gasteiger partial charge is 0.371 e. The van der Waals surface area contributed by atoms with Crippen molar-refractivity contribution in [2.24, 2.45) is 5.92 Å². The van der Waals surface area contributed by atoms with E-state index < -0.39 is 21.8 Å². The number of carbonyl (C=O) groups is 1. The fourth-order valence-electron chi connectivity index (χ4n) is 2.23. The molecule has 0 bridgehead atoms. The van der Waals surface area contributed by atoms with Gasteiger partial charge >= 0.3 is 5.97 Å². The number of carboxylic acids is 1. The molecule has 1 saturated heterocycles. The van der Waals surface area contributed by atoms with Crippen molar-refractivity contribution in [1.82, 2.24) is 4.31 Å². The summed E-state index contributed by atoms with van der Waals surface area (Å²) in [5.74, 6) is -1.41. The predicted octanol–water partition coefficient (Wildman–Crippen LogP) is 1.02. The monoisotopic (exact) mass is 303 g/mol. The SMILES string of the molecule is COC1CN(S(=O)(=O)c2ccc(C(=O)O)o2)CCC1C. The van der Waals surface area contributed by atoms with E-state index in [0.29, 0.717) is 13.0 Å². The van der Waals surface area contributed by atoms with E-state index in [1.165, 1.54) is 10.4 Å². The summed E-state index contributed by atoms with van der Waals surface area (Å²) in [5.41, 5.74) is 0. The summed E-state index contributed by atoms with van der Waals surface area (Å²) in [6.07, 6.45) is 0.511. The van der Waals surface area contributed by atoms with Crippen molar-refractivity contribution in [3.8, 4) is 0 Å². The van der Waals surface area contributed by atoms with Crippen LogP contribution in [0.25, 0.3) is 0 Å². The molecule has 1 N–H and O–H groups in total. The lowest BCUT2D eigenvalue weighted by Crippen LogP contribution is -2.46. The summed E-state index contributed by atoms with van der Waals surface area (Å²) in [5, 5.41) is 8.42. The van der Waals surface area contributed by atoms with E-state index >= 15 is 0 Å². The van der Waals surface area contributed by atoms with Gasteiger partial charge in [-0.2, -0.15) is 4.31 Å². The Morgan fingerprint density at radius 1 is 1.50 bits per heavy atom. The van der Waals surface area contributed by atoms with E-state index in [0.717, 1.165) is 6.07 Å². The van der Waals surface area contributed by atoms with Gasteiger partial charge in [0, 0.05) is 20.2 Å². The van der Waals surface area contributed by atoms with Crippen LogP contribution in [-0.2, 0) is 14.8 Å². The van der Waals surface area contributed by atoms with Crippen LogP contribution < -0.4 is 0 Å². The predicted molar refractivity (Wildman–Crippen MR) is 69.0 cm³/mol. The highest BCUT2D eigenvalue weighted by Gasteiger charge is 2.35. The molecule has 2 rings (SSSR count). The first kappa shape index (κ1) is 15.0. The van der Waals surface area contributed by atoms with Crippen LogP contribution in [0.3, 0.4) is 0 Å². The molecule has 0 aromatic carbocycles. The van der Waals surface area contributed by atoms with Gasteiger partial charge in [0.25, 0.3) is 10.0 Å². The Kier molecular flexibility index (Phi) is 4.17. The number of hydrogen-bond acceptors (Lipinski definition) is 5. The van der Waals surface area contributed by atoms with Crippen LogP contribution in [0.4, 0.5) is 0 Å². The first-order valence-electron chi connectivity index (χ1n) is 6.22. The lowest BCUT2D eigenvalue weighted by Gasteiger charge is -2.34. The number of ether oxygens (including phenoxy) is 1. The molecule has 2 unspecified atom stereocenters. The number of furan rings is 1. The van der Waals surface area contributed by atoms with Gasteiger partial charge < -0.3 is 14.3 Å². The summed E-state index contributed by atoms with van der Waals surface area (Å²) in [4.78, 5) is 10.7. The molecule has 7 nitrogen and oxygen atoms in total. The molecule has 0 saturated carbocycles. The zero-order valence-electron chi connectivity index (χ0n) is 11.3. The molecule has 1 aromatic rings. The second-order valence-electron chi connectivity index (χ2n) is 4.83. The normalized spacial score (nSPS) is 24.7. The highest BCUT2D eigenvalue weighted by atomic mass is 32.2. The molecule has 20 heavy (non-hydrogen) atoms. The second kappa shape index (κ2) is 5.55. The topological polar surface area (TPSA) is 97.0 Å². The molecule has 1 aliphatic rings.